The molecule has 0 bridgehead atoms. The molecule has 1 aromatic heterocycles. The minimum absolute atomic E-state index is 0. The van der Waals surface area contributed by atoms with Crippen molar-refractivity contribution < 1.29 is 65.3 Å². The molecular formula is C23H27FKN3O2. The molecule has 0 atom stereocenters. The van der Waals surface area contributed by atoms with Crippen LogP contribution in [-0.2, 0) is 0 Å². The zero-order valence-electron chi connectivity index (χ0n) is 18.1. The molecule has 1 heterocycles. The maximum absolute atomic E-state index is 13.3. The van der Waals surface area contributed by atoms with Gasteiger partial charge in [0.15, 0.2) is 5.75 Å². The number of nitrogens with zero attached hydrogens (tertiary/aromatic N) is 2. The fourth-order valence-corrected chi connectivity index (χ4v) is 2.67. The van der Waals surface area contributed by atoms with Crippen molar-refractivity contribution in [1.29, 1.82) is 0 Å². The third-order valence-electron chi connectivity index (χ3n) is 4.05. The van der Waals surface area contributed by atoms with E-state index in [9.17, 15) is 9.18 Å². The van der Waals surface area contributed by atoms with E-state index < -0.39 is 5.95 Å². The second-order valence-electron chi connectivity index (χ2n) is 6.13. The fraction of sp³-hybridized carbons (Fsp3) is 0.304. The van der Waals surface area contributed by atoms with Crippen LogP contribution < -0.4 is 61.4 Å². The van der Waals surface area contributed by atoms with Crippen molar-refractivity contribution in [2.45, 2.75) is 20.8 Å². The second-order valence-corrected chi connectivity index (χ2v) is 6.13. The van der Waals surface area contributed by atoms with Crippen molar-refractivity contribution in [1.82, 2.24) is 10.3 Å². The van der Waals surface area contributed by atoms with Crippen LogP contribution in [0.3, 0.4) is 0 Å². The number of aromatic nitrogens is 1. The van der Waals surface area contributed by atoms with Gasteiger partial charge < -0.3 is 15.4 Å². The molecule has 0 unspecified atom stereocenters. The predicted octanol–water partition coefficient (Wildman–Crippen LogP) is 1.90. The van der Waals surface area contributed by atoms with Gasteiger partial charge in [0.05, 0.1) is 6.61 Å². The summed E-state index contributed by atoms with van der Waals surface area (Å²) in [4.78, 5) is 15.7. The summed E-state index contributed by atoms with van der Waals surface area (Å²) in [7, 11) is 0. The first kappa shape index (κ1) is 26.7. The third kappa shape index (κ3) is 8.41. The summed E-state index contributed by atoms with van der Waals surface area (Å²) in [5.74, 6) is -0.635. The molecule has 5 nitrogen and oxygen atoms in total. The van der Waals surface area contributed by atoms with Crippen molar-refractivity contribution in [2.24, 2.45) is 0 Å². The fourth-order valence-electron chi connectivity index (χ4n) is 2.67. The van der Waals surface area contributed by atoms with Crippen LogP contribution in [0.15, 0.2) is 54.7 Å². The van der Waals surface area contributed by atoms with E-state index in [1.165, 1.54) is 17.8 Å². The van der Waals surface area contributed by atoms with Crippen LogP contribution in [0.5, 0.6) is 5.75 Å². The zero-order valence-corrected chi connectivity index (χ0v) is 21.2. The number of hydrogen-bond acceptors (Lipinski definition) is 3. The third-order valence-corrected chi connectivity index (χ3v) is 4.05. The molecule has 154 valence electrons. The number of fused-ring (bicyclic) bond motifs is 1. The molecule has 30 heavy (non-hydrogen) atoms. The van der Waals surface area contributed by atoms with Gasteiger partial charge in [-0.15, -0.1) is 13.1 Å². The Morgan fingerprint density at radius 2 is 1.83 bits per heavy atom. The van der Waals surface area contributed by atoms with E-state index in [2.05, 4.69) is 21.7 Å². The summed E-state index contributed by atoms with van der Waals surface area (Å²) in [6.45, 7) is 7.63. The topological polar surface area (TPSA) is 65.3 Å². The number of aryl methyl sites for hydroxylation is 1. The quantitative estimate of drug-likeness (QED) is 0.334. The van der Waals surface area contributed by atoms with Crippen molar-refractivity contribution in [3.8, 4) is 5.75 Å². The average Bonchev–Trinajstić information content (AvgIpc) is 2.75. The minimum Gasteiger partial charge on any atom is -0.658 e. The molecule has 0 fully saturated rings. The van der Waals surface area contributed by atoms with E-state index in [1.807, 2.05) is 51.1 Å². The number of ether oxygens (including phenoxy) is 1. The Morgan fingerprint density at radius 3 is 2.60 bits per heavy atom. The maximum Gasteiger partial charge on any atom is 1.00 e. The monoisotopic (exact) mass is 435 g/mol. The van der Waals surface area contributed by atoms with Gasteiger partial charge in [0.25, 0.3) is 11.9 Å². The molecule has 2 aromatic carbocycles. The molecule has 0 radical (unpaired) electrons. The molecule has 0 spiro atoms. The van der Waals surface area contributed by atoms with Gasteiger partial charge in [-0.3, -0.25) is 4.79 Å². The van der Waals surface area contributed by atoms with E-state index in [0.717, 1.165) is 10.8 Å². The number of amides is 1. The standard InChI is InChI=1S/C21H21FN3O2.C2H6.K/c1-15-4-5-17-14-18(7-6-16(17)13-15)21(26)25-10-9-23-11-12-27-19-3-2-8-24-20(19)22;1-2;/h2-8,13-14H,9-12H2,1H3,(H,25,26);1-2H3;/q-1;;+1. The number of halogens is 1. The molecule has 1 N–H and O–H groups in total. The van der Waals surface area contributed by atoms with Gasteiger partial charge in [0, 0.05) is 11.8 Å². The van der Waals surface area contributed by atoms with E-state index in [0.29, 0.717) is 25.2 Å². The molecule has 0 saturated carbocycles. The van der Waals surface area contributed by atoms with Gasteiger partial charge in [-0.2, -0.15) is 4.39 Å². The molecule has 3 rings (SSSR count). The normalized spacial score (nSPS) is 9.87. The summed E-state index contributed by atoms with van der Waals surface area (Å²) in [6, 6.07) is 14.9. The minimum atomic E-state index is -0.629. The molecule has 0 aliphatic carbocycles. The number of carbonyl (C=O) groups excluding carboxylic acids is 1. The van der Waals surface area contributed by atoms with Crippen LogP contribution in [0.1, 0.15) is 29.8 Å². The molecule has 0 saturated heterocycles. The zero-order chi connectivity index (χ0) is 21.1. The Balaban J connectivity index is 0.00000146. The average molecular weight is 436 g/mol. The van der Waals surface area contributed by atoms with Crippen LogP contribution in [0, 0.1) is 12.9 Å². The first-order valence-electron chi connectivity index (χ1n) is 9.79. The first-order chi connectivity index (χ1) is 14.1. The van der Waals surface area contributed by atoms with Crippen LogP contribution in [-0.4, -0.2) is 37.1 Å². The Labute approximate surface area is 220 Å². The van der Waals surface area contributed by atoms with Gasteiger partial charge in [0.2, 0.25) is 0 Å². The van der Waals surface area contributed by atoms with Gasteiger partial charge in [0.1, 0.15) is 0 Å². The van der Waals surface area contributed by atoms with Crippen molar-refractivity contribution >= 4 is 16.7 Å². The van der Waals surface area contributed by atoms with Crippen LogP contribution in [0.2, 0.25) is 0 Å². The summed E-state index contributed by atoms with van der Waals surface area (Å²) < 4.78 is 18.5. The second kappa shape index (κ2) is 14.6. The van der Waals surface area contributed by atoms with Crippen molar-refractivity contribution in [2.75, 3.05) is 26.2 Å². The molecule has 3 aromatic rings. The van der Waals surface area contributed by atoms with Gasteiger partial charge in [-0.1, -0.05) is 43.7 Å². The summed E-state index contributed by atoms with van der Waals surface area (Å²) in [5, 5.41) is 9.26. The number of carbonyl (C=O) groups is 1. The molecule has 0 aliphatic rings. The first-order valence-corrected chi connectivity index (χ1v) is 9.79. The number of rotatable bonds is 8. The largest absolute Gasteiger partial charge is 1.00 e. The number of hydrogen-bond donors (Lipinski definition) is 1. The summed E-state index contributed by atoms with van der Waals surface area (Å²) in [5.41, 5.74) is 1.82. The van der Waals surface area contributed by atoms with Crippen LogP contribution in [0.25, 0.3) is 16.1 Å². The Hall–Kier alpha value is -1.35. The number of nitrogens with one attached hydrogen (secondary N) is 1. The van der Waals surface area contributed by atoms with Crippen molar-refractivity contribution in [3.63, 3.8) is 0 Å². The summed E-state index contributed by atoms with van der Waals surface area (Å²) >= 11 is 0. The smallest absolute Gasteiger partial charge is 0.658 e. The molecule has 0 aliphatic heterocycles. The Morgan fingerprint density at radius 1 is 1.10 bits per heavy atom. The van der Waals surface area contributed by atoms with Crippen LogP contribution >= 0.6 is 0 Å². The SMILES string of the molecule is CC.Cc1ccc2cc(C(=O)NCC[N-]CCOc3cccnc3F)ccc2c1.[K+]. The molecular weight excluding hydrogens is 408 g/mol. The Bertz CT molecular complexity index is 937. The van der Waals surface area contributed by atoms with Gasteiger partial charge in [-0.05, 0) is 48.5 Å². The summed E-state index contributed by atoms with van der Waals surface area (Å²) in [6.07, 6.45) is 1.37. The number of benzene rings is 2. The van der Waals surface area contributed by atoms with E-state index in [1.54, 1.807) is 6.07 Å². The van der Waals surface area contributed by atoms with Gasteiger partial charge >= 0.3 is 51.4 Å². The van der Waals surface area contributed by atoms with E-state index in [-0.39, 0.29) is 69.6 Å². The predicted molar refractivity (Wildman–Crippen MR) is 115 cm³/mol. The Kier molecular flexibility index (Phi) is 13.0. The van der Waals surface area contributed by atoms with Crippen LogP contribution in [0.4, 0.5) is 4.39 Å². The molecule has 7 heteroatoms. The molecule has 1 amide bonds. The maximum atomic E-state index is 13.3. The van der Waals surface area contributed by atoms with E-state index >= 15 is 0 Å². The van der Waals surface area contributed by atoms with Crippen molar-refractivity contribution in [3.05, 3.63) is 77.1 Å². The number of pyridine rings is 1. The van der Waals surface area contributed by atoms with Gasteiger partial charge in [-0.25, -0.2) is 4.98 Å². The van der Waals surface area contributed by atoms with E-state index in [4.69, 9.17) is 4.74 Å².